The first kappa shape index (κ1) is 15.3. The van der Waals surface area contributed by atoms with Crippen molar-refractivity contribution in [3.05, 3.63) is 0 Å². The SMILES string of the molecule is CCN(CCC(C)C1CCCNC1)C1CCCCC1. The minimum Gasteiger partial charge on any atom is -0.316 e. The van der Waals surface area contributed by atoms with Gasteiger partial charge in [0.1, 0.15) is 0 Å². The predicted octanol–water partition coefficient (Wildman–Crippen LogP) is 3.67. The zero-order chi connectivity index (χ0) is 13.5. The Bertz CT molecular complexity index is 229. The van der Waals surface area contributed by atoms with Crippen LogP contribution in [0.1, 0.15) is 65.2 Å². The van der Waals surface area contributed by atoms with Crippen molar-refractivity contribution in [1.82, 2.24) is 10.2 Å². The maximum atomic E-state index is 3.57. The Hall–Kier alpha value is -0.0800. The largest absolute Gasteiger partial charge is 0.316 e. The molecule has 0 aromatic carbocycles. The first-order valence-corrected chi connectivity index (χ1v) is 8.76. The molecule has 0 aromatic rings. The van der Waals surface area contributed by atoms with Gasteiger partial charge in [0.15, 0.2) is 0 Å². The first-order chi connectivity index (χ1) is 9.31. The summed E-state index contributed by atoms with van der Waals surface area (Å²) >= 11 is 0. The smallest absolute Gasteiger partial charge is 0.00951 e. The summed E-state index contributed by atoms with van der Waals surface area (Å²) in [6.07, 6.45) is 11.5. The molecule has 0 spiro atoms. The van der Waals surface area contributed by atoms with Gasteiger partial charge in [0, 0.05) is 6.04 Å². The molecular weight excluding hydrogens is 232 g/mol. The second kappa shape index (κ2) is 8.26. The summed E-state index contributed by atoms with van der Waals surface area (Å²) in [5.74, 6) is 1.82. The fraction of sp³-hybridized carbons (Fsp3) is 1.00. The fourth-order valence-corrected chi connectivity index (χ4v) is 4.01. The Kier molecular flexibility index (Phi) is 6.66. The first-order valence-electron chi connectivity index (χ1n) is 8.76. The number of rotatable bonds is 6. The topological polar surface area (TPSA) is 15.3 Å². The summed E-state index contributed by atoms with van der Waals surface area (Å²) in [5.41, 5.74) is 0. The molecule has 1 heterocycles. The van der Waals surface area contributed by atoms with Crippen molar-refractivity contribution in [1.29, 1.82) is 0 Å². The maximum absolute atomic E-state index is 3.57. The summed E-state index contributed by atoms with van der Waals surface area (Å²) in [6.45, 7) is 9.91. The zero-order valence-electron chi connectivity index (χ0n) is 13.2. The minimum atomic E-state index is 0.894. The molecule has 1 aliphatic heterocycles. The molecule has 2 aliphatic rings. The summed E-state index contributed by atoms with van der Waals surface area (Å²) in [7, 11) is 0. The van der Waals surface area contributed by atoms with Crippen LogP contribution < -0.4 is 5.32 Å². The highest BCUT2D eigenvalue weighted by Gasteiger charge is 2.23. The summed E-state index contributed by atoms with van der Waals surface area (Å²) in [4.78, 5) is 2.77. The number of nitrogens with zero attached hydrogens (tertiary/aromatic N) is 1. The third-order valence-corrected chi connectivity index (χ3v) is 5.51. The number of nitrogens with one attached hydrogen (secondary N) is 1. The van der Waals surface area contributed by atoms with E-state index in [2.05, 4.69) is 24.1 Å². The molecule has 2 fully saturated rings. The average Bonchev–Trinajstić information content (AvgIpc) is 2.49. The second-order valence-corrected chi connectivity index (χ2v) is 6.79. The monoisotopic (exact) mass is 266 g/mol. The second-order valence-electron chi connectivity index (χ2n) is 6.79. The van der Waals surface area contributed by atoms with Crippen LogP contribution in [0.2, 0.25) is 0 Å². The van der Waals surface area contributed by atoms with Crippen molar-refractivity contribution in [3.8, 4) is 0 Å². The van der Waals surface area contributed by atoms with E-state index >= 15 is 0 Å². The molecule has 2 rings (SSSR count). The highest BCUT2D eigenvalue weighted by atomic mass is 15.1. The Labute approximate surface area is 120 Å². The van der Waals surface area contributed by atoms with Crippen LogP contribution in [0.4, 0.5) is 0 Å². The molecule has 1 N–H and O–H groups in total. The van der Waals surface area contributed by atoms with Gasteiger partial charge in [-0.25, -0.2) is 0 Å². The molecule has 0 aromatic heterocycles. The average molecular weight is 266 g/mol. The van der Waals surface area contributed by atoms with Crippen LogP contribution >= 0.6 is 0 Å². The Balaban J connectivity index is 1.71. The molecule has 1 saturated carbocycles. The molecule has 112 valence electrons. The quantitative estimate of drug-likeness (QED) is 0.789. The van der Waals surface area contributed by atoms with E-state index in [0.29, 0.717) is 0 Å². The lowest BCUT2D eigenvalue weighted by atomic mass is 9.85. The molecule has 2 nitrogen and oxygen atoms in total. The number of hydrogen-bond acceptors (Lipinski definition) is 2. The van der Waals surface area contributed by atoms with E-state index in [9.17, 15) is 0 Å². The Morgan fingerprint density at radius 3 is 2.53 bits per heavy atom. The van der Waals surface area contributed by atoms with Gasteiger partial charge in [0.2, 0.25) is 0 Å². The molecule has 2 atom stereocenters. The van der Waals surface area contributed by atoms with Gasteiger partial charge in [0.05, 0.1) is 0 Å². The normalized spacial score (nSPS) is 27.6. The lowest BCUT2D eigenvalue weighted by Gasteiger charge is -2.35. The zero-order valence-corrected chi connectivity index (χ0v) is 13.2. The van der Waals surface area contributed by atoms with E-state index in [1.165, 1.54) is 77.5 Å². The van der Waals surface area contributed by atoms with E-state index in [1.54, 1.807) is 0 Å². The van der Waals surface area contributed by atoms with E-state index in [-0.39, 0.29) is 0 Å². The van der Waals surface area contributed by atoms with Crippen molar-refractivity contribution in [2.75, 3.05) is 26.2 Å². The highest BCUT2D eigenvalue weighted by Crippen LogP contribution is 2.26. The van der Waals surface area contributed by atoms with Gasteiger partial charge in [-0.15, -0.1) is 0 Å². The van der Waals surface area contributed by atoms with Crippen molar-refractivity contribution < 1.29 is 0 Å². The lowest BCUT2D eigenvalue weighted by Crippen LogP contribution is -2.39. The van der Waals surface area contributed by atoms with E-state index in [4.69, 9.17) is 0 Å². The molecule has 2 unspecified atom stereocenters. The third kappa shape index (κ3) is 4.75. The molecule has 0 bridgehead atoms. The maximum Gasteiger partial charge on any atom is 0.00951 e. The molecule has 19 heavy (non-hydrogen) atoms. The molecule has 1 saturated heterocycles. The Morgan fingerprint density at radius 1 is 1.11 bits per heavy atom. The van der Waals surface area contributed by atoms with Gasteiger partial charge in [0.25, 0.3) is 0 Å². The van der Waals surface area contributed by atoms with Gasteiger partial charge >= 0.3 is 0 Å². The highest BCUT2D eigenvalue weighted by molar-refractivity contribution is 4.78. The molecule has 0 amide bonds. The van der Waals surface area contributed by atoms with Crippen molar-refractivity contribution in [2.24, 2.45) is 11.8 Å². The van der Waals surface area contributed by atoms with Crippen LogP contribution in [-0.2, 0) is 0 Å². The number of piperidine rings is 1. The minimum absolute atomic E-state index is 0.894. The van der Waals surface area contributed by atoms with Crippen LogP contribution in [0, 0.1) is 11.8 Å². The van der Waals surface area contributed by atoms with Gasteiger partial charge in [-0.3, -0.25) is 0 Å². The van der Waals surface area contributed by atoms with Crippen LogP contribution in [0.15, 0.2) is 0 Å². The molecular formula is C17H34N2. The van der Waals surface area contributed by atoms with Crippen LogP contribution in [-0.4, -0.2) is 37.1 Å². The van der Waals surface area contributed by atoms with Gasteiger partial charge in [-0.1, -0.05) is 33.1 Å². The molecule has 1 aliphatic carbocycles. The van der Waals surface area contributed by atoms with Crippen molar-refractivity contribution in [2.45, 2.75) is 71.3 Å². The fourth-order valence-electron chi connectivity index (χ4n) is 4.01. The van der Waals surface area contributed by atoms with E-state index in [1.807, 2.05) is 0 Å². The van der Waals surface area contributed by atoms with Gasteiger partial charge in [-0.05, 0) is 70.1 Å². The molecule has 2 heteroatoms. The van der Waals surface area contributed by atoms with Gasteiger partial charge in [-0.2, -0.15) is 0 Å². The summed E-state index contributed by atoms with van der Waals surface area (Å²) in [6, 6.07) is 0.899. The van der Waals surface area contributed by atoms with Crippen molar-refractivity contribution >= 4 is 0 Å². The van der Waals surface area contributed by atoms with Crippen molar-refractivity contribution in [3.63, 3.8) is 0 Å². The van der Waals surface area contributed by atoms with Crippen LogP contribution in [0.5, 0.6) is 0 Å². The van der Waals surface area contributed by atoms with E-state index in [0.717, 1.165) is 17.9 Å². The standard InChI is InChI=1S/C17H34N2/c1-3-19(17-9-5-4-6-10-17)13-11-15(2)16-8-7-12-18-14-16/h15-18H,3-14H2,1-2H3. The molecule has 0 radical (unpaired) electrons. The van der Waals surface area contributed by atoms with Crippen LogP contribution in [0.25, 0.3) is 0 Å². The lowest BCUT2D eigenvalue weighted by molar-refractivity contribution is 0.143. The summed E-state index contributed by atoms with van der Waals surface area (Å²) < 4.78 is 0. The number of hydrogen-bond donors (Lipinski definition) is 1. The van der Waals surface area contributed by atoms with E-state index < -0.39 is 0 Å². The third-order valence-electron chi connectivity index (χ3n) is 5.51. The summed E-state index contributed by atoms with van der Waals surface area (Å²) in [5, 5.41) is 3.57. The predicted molar refractivity (Wildman–Crippen MR) is 83.5 cm³/mol. The van der Waals surface area contributed by atoms with Crippen LogP contribution in [0.3, 0.4) is 0 Å². The van der Waals surface area contributed by atoms with Gasteiger partial charge < -0.3 is 10.2 Å². The Morgan fingerprint density at radius 2 is 1.89 bits per heavy atom.